The molecule has 0 aliphatic carbocycles. The Hall–Kier alpha value is -1.88. The fourth-order valence-corrected chi connectivity index (χ4v) is 2.07. The van der Waals surface area contributed by atoms with Crippen molar-refractivity contribution in [3.8, 4) is 0 Å². The van der Waals surface area contributed by atoms with Crippen LogP contribution in [-0.4, -0.2) is 30.9 Å². The monoisotopic (exact) mass is 261 g/mol. The molecule has 5 nitrogen and oxygen atoms in total. The van der Waals surface area contributed by atoms with Crippen LogP contribution >= 0.6 is 0 Å². The summed E-state index contributed by atoms with van der Waals surface area (Å²) in [6, 6.07) is 5.47. The summed E-state index contributed by atoms with van der Waals surface area (Å²) in [5, 5.41) is 8.64. The normalized spacial score (nSPS) is 18.8. The average molecular weight is 261 g/mol. The van der Waals surface area contributed by atoms with Crippen molar-refractivity contribution in [3.05, 3.63) is 29.3 Å². The van der Waals surface area contributed by atoms with Crippen LogP contribution < -0.4 is 16.0 Å². The van der Waals surface area contributed by atoms with Gasteiger partial charge in [-0.25, -0.2) is 0 Å². The smallest absolute Gasteiger partial charge is 0.237 e. The Morgan fingerprint density at radius 1 is 1.37 bits per heavy atom. The maximum absolute atomic E-state index is 12.0. The molecule has 1 saturated heterocycles. The Balaban J connectivity index is 1.97. The van der Waals surface area contributed by atoms with Crippen LogP contribution in [0.1, 0.15) is 17.5 Å². The average Bonchev–Trinajstić information content (AvgIpc) is 2.37. The third kappa shape index (κ3) is 3.54. The summed E-state index contributed by atoms with van der Waals surface area (Å²) in [6.45, 7) is 5.24. The summed E-state index contributed by atoms with van der Waals surface area (Å²) in [5.74, 6) is -0.259. The molecule has 0 spiro atoms. The summed E-state index contributed by atoms with van der Waals surface area (Å²) >= 11 is 0. The second-order valence-electron chi connectivity index (χ2n) is 4.87. The molecule has 0 saturated carbocycles. The van der Waals surface area contributed by atoms with Crippen LogP contribution in [0.15, 0.2) is 18.2 Å². The predicted octanol–water partition coefficient (Wildman–Crippen LogP) is 0.720. The number of carbonyl (C=O) groups excluding carboxylic acids is 2. The van der Waals surface area contributed by atoms with E-state index in [-0.39, 0.29) is 18.2 Å². The number of carbonyl (C=O) groups is 2. The molecular formula is C14H19N3O2. The summed E-state index contributed by atoms with van der Waals surface area (Å²) in [7, 11) is 0. The minimum absolute atomic E-state index is 0.109. The first-order chi connectivity index (χ1) is 9.06. The van der Waals surface area contributed by atoms with Gasteiger partial charge in [0.1, 0.15) is 0 Å². The molecule has 0 unspecified atom stereocenters. The molecule has 0 aromatic heterocycles. The van der Waals surface area contributed by atoms with E-state index in [1.165, 1.54) is 0 Å². The highest BCUT2D eigenvalue weighted by molar-refractivity contribution is 5.96. The molecule has 1 atom stereocenters. The van der Waals surface area contributed by atoms with Gasteiger partial charge in [-0.1, -0.05) is 12.1 Å². The molecular weight excluding hydrogens is 242 g/mol. The zero-order valence-electron chi connectivity index (χ0n) is 11.2. The Bertz CT molecular complexity index is 499. The summed E-state index contributed by atoms with van der Waals surface area (Å²) in [4.78, 5) is 23.5. The first-order valence-corrected chi connectivity index (χ1v) is 6.44. The molecule has 5 heteroatoms. The number of piperazine rings is 1. The first kappa shape index (κ1) is 13.5. The van der Waals surface area contributed by atoms with E-state index in [1.807, 2.05) is 32.0 Å². The van der Waals surface area contributed by atoms with Gasteiger partial charge in [0.25, 0.3) is 0 Å². The third-order valence-electron chi connectivity index (χ3n) is 3.19. The van der Waals surface area contributed by atoms with Gasteiger partial charge in [-0.2, -0.15) is 0 Å². The quantitative estimate of drug-likeness (QED) is 0.751. The van der Waals surface area contributed by atoms with Crippen molar-refractivity contribution in [1.82, 2.24) is 10.6 Å². The molecule has 1 aromatic carbocycles. The maximum atomic E-state index is 12.0. The zero-order chi connectivity index (χ0) is 13.8. The van der Waals surface area contributed by atoms with E-state index in [1.54, 1.807) is 0 Å². The van der Waals surface area contributed by atoms with Crippen molar-refractivity contribution in [2.75, 3.05) is 18.4 Å². The lowest BCUT2D eigenvalue weighted by Crippen LogP contribution is -2.53. The molecule has 0 radical (unpaired) electrons. The molecule has 1 aromatic rings. The molecule has 102 valence electrons. The molecule has 19 heavy (non-hydrogen) atoms. The van der Waals surface area contributed by atoms with Crippen molar-refractivity contribution in [1.29, 1.82) is 0 Å². The van der Waals surface area contributed by atoms with Crippen LogP contribution in [0.2, 0.25) is 0 Å². The Morgan fingerprint density at radius 2 is 2.16 bits per heavy atom. The van der Waals surface area contributed by atoms with E-state index < -0.39 is 6.04 Å². The van der Waals surface area contributed by atoms with Crippen molar-refractivity contribution in [2.45, 2.75) is 26.3 Å². The zero-order valence-corrected chi connectivity index (χ0v) is 11.2. The topological polar surface area (TPSA) is 70.2 Å². The van der Waals surface area contributed by atoms with Crippen LogP contribution in [0.3, 0.4) is 0 Å². The fourth-order valence-electron chi connectivity index (χ4n) is 2.07. The van der Waals surface area contributed by atoms with E-state index in [0.29, 0.717) is 13.1 Å². The lowest BCUT2D eigenvalue weighted by atomic mass is 10.1. The van der Waals surface area contributed by atoms with Crippen LogP contribution in [0.5, 0.6) is 0 Å². The number of anilines is 1. The number of hydrogen-bond acceptors (Lipinski definition) is 3. The summed E-state index contributed by atoms with van der Waals surface area (Å²) in [6.07, 6.45) is 0.152. The second kappa shape index (κ2) is 5.84. The molecule has 3 N–H and O–H groups in total. The number of rotatable bonds is 3. The summed E-state index contributed by atoms with van der Waals surface area (Å²) in [5.41, 5.74) is 2.91. The van der Waals surface area contributed by atoms with Gasteiger partial charge in [-0.3, -0.25) is 9.59 Å². The Kier molecular flexibility index (Phi) is 4.16. The van der Waals surface area contributed by atoms with Gasteiger partial charge in [0.15, 0.2) is 0 Å². The molecule has 2 amide bonds. The molecule has 2 rings (SSSR count). The number of hydrogen-bond donors (Lipinski definition) is 3. The minimum Gasteiger partial charge on any atom is -0.353 e. The molecule has 1 aliphatic rings. The number of amides is 2. The van der Waals surface area contributed by atoms with Crippen LogP contribution in [-0.2, 0) is 9.59 Å². The van der Waals surface area contributed by atoms with E-state index in [0.717, 1.165) is 16.8 Å². The standard InChI is InChI=1S/C14H19N3O2/c1-9-3-4-10(2)11(7-9)17-13(18)8-12-14(19)16-6-5-15-12/h3-4,7,12,15H,5-6,8H2,1-2H3,(H,16,19)(H,17,18)/t12-/m1/s1. The van der Waals surface area contributed by atoms with Gasteiger partial charge in [0, 0.05) is 18.8 Å². The van der Waals surface area contributed by atoms with Crippen molar-refractivity contribution >= 4 is 17.5 Å². The molecule has 1 fully saturated rings. The highest BCUT2D eigenvalue weighted by Gasteiger charge is 2.24. The van der Waals surface area contributed by atoms with Gasteiger partial charge >= 0.3 is 0 Å². The van der Waals surface area contributed by atoms with E-state index >= 15 is 0 Å². The summed E-state index contributed by atoms with van der Waals surface area (Å²) < 4.78 is 0. The largest absolute Gasteiger partial charge is 0.353 e. The maximum Gasteiger partial charge on any atom is 0.237 e. The molecule has 1 aliphatic heterocycles. The van der Waals surface area contributed by atoms with E-state index in [9.17, 15) is 9.59 Å². The minimum atomic E-state index is -0.432. The van der Waals surface area contributed by atoms with Crippen molar-refractivity contribution in [3.63, 3.8) is 0 Å². The van der Waals surface area contributed by atoms with Gasteiger partial charge in [0.05, 0.1) is 12.5 Å². The SMILES string of the molecule is Cc1ccc(C)c(NC(=O)C[C@H]2NCCNC2=O)c1. The van der Waals surface area contributed by atoms with Crippen LogP contribution in [0.25, 0.3) is 0 Å². The van der Waals surface area contributed by atoms with Gasteiger partial charge in [0.2, 0.25) is 11.8 Å². The van der Waals surface area contributed by atoms with Crippen molar-refractivity contribution in [2.24, 2.45) is 0 Å². The second-order valence-corrected chi connectivity index (χ2v) is 4.87. The lowest BCUT2D eigenvalue weighted by Gasteiger charge is -2.23. The number of benzene rings is 1. The fraction of sp³-hybridized carbons (Fsp3) is 0.429. The Morgan fingerprint density at radius 3 is 2.89 bits per heavy atom. The highest BCUT2D eigenvalue weighted by Crippen LogP contribution is 2.16. The van der Waals surface area contributed by atoms with Gasteiger partial charge in [-0.15, -0.1) is 0 Å². The van der Waals surface area contributed by atoms with Crippen molar-refractivity contribution < 1.29 is 9.59 Å². The lowest BCUT2D eigenvalue weighted by molar-refractivity contribution is -0.127. The van der Waals surface area contributed by atoms with Gasteiger partial charge in [-0.05, 0) is 31.0 Å². The highest BCUT2D eigenvalue weighted by atomic mass is 16.2. The molecule has 1 heterocycles. The van der Waals surface area contributed by atoms with Crippen LogP contribution in [0, 0.1) is 13.8 Å². The van der Waals surface area contributed by atoms with E-state index in [2.05, 4.69) is 16.0 Å². The van der Waals surface area contributed by atoms with E-state index in [4.69, 9.17) is 0 Å². The Labute approximate surface area is 112 Å². The molecule has 0 bridgehead atoms. The third-order valence-corrected chi connectivity index (χ3v) is 3.19. The van der Waals surface area contributed by atoms with Gasteiger partial charge < -0.3 is 16.0 Å². The number of aryl methyl sites for hydroxylation is 2. The first-order valence-electron chi connectivity index (χ1n) is 6.44. The van der Waals surface area contributed by atoms with Crippen LogP contribution in [0.4, 0.5) is 5.69 Å². The number of nitrogens with one attached hydrogen (secondary N) is 3. The predicted molar refractivity (Wildman–Crippen MR) is 74.0 cm³/mol.